The third-order valence-electron chi connectivity index (χ3n) is 3.53. The van der Waals surface area contributed by atoms with E-state index in [4.69, 9.17) is 0 Å². The fourth-order valence-corrected chi connectivity index (χ4v) is 4.27. The molecule has 2 aliphatic heterocycles. The average Bonchev–Trinajstić information content (AvgIpc) is 2.31. The zero-order valence-electron chi connectivity index (χ0n) is 10.3. The van der Waals surface area contributed by atoms with Gasteiger partial charge in [-0.15, -0.1) is 12.4 Å². The molecule has 1 N–H and O–H groups in total. The van der Waals surface area contributed by atoms with Gasteiger partial charge < -0.3 is 10.2 Å². The zero-order valence-corrected chi connectivity index (χ0v) is 11.9. The smallest absolute Gasteiger partial charge is 0.217 e. The van der Waals surface area contributed by atoms with Gasteiger partial charge in [0.15, 0.2) is 0 Å². The van der Waals surface area contributed by atoms with Gasteiger partial charge in [0.25, 0.3) is 0 Å². The highest BCUT2D eigenvalue weighted by Crippen LogP contribution is 2.19. The van der Waals surface area contributed by atoms with E-state index < -0.39 is 10.0 Å². The summed E-state index contributed by atoms with van der Waals surface area (Å²) in [4.78, 5) is 2.18. The summed E-state index contributed by atoms with van der Waals surface area (Å²) < 4.78 is 26.3. The number of rotatable bonds is 2. The first-order valence-corrected chi connectivity index (χ1v) is 7.49. The Labute approximate surface area is 110 Å². The van der Waals surface area contributed by atoms with E-state index in [0.717, 1.165) is 39.0 Å². The number of nitrogens with zero attached hydrogens (tertiary/aromatic N) is 2. The van der Waals surface area contributed by atoms with E-state index in [0.29, 0.717) is 13.1 Å². The highest BCUT2D eigenvalue weighted by Gasteiger charge is 2.34. The van der Waals surface area contributed by atoms with Gasteiger partial charge in [0.2, 0.25) is 10.0 Å². The van der Waals surface area contributed by atoms with Crippen molar-refractivity contribution in [2.75, 3.05) is 46.3 Å². The first kappa shape index (κ1) is 15.2. The predicted molar refractivity (Wildman–Crippen MR) is 71.1 cm³/mol. The largest absolute Gasteiger partial charge is 0.317 e. The van der Waals surface area contributed by atoms with Gasteiger partial charge in [-0.1, -0.05) is 0 Å². The molecular weight excluding hydrogens is 262 g/mol. The predicted octanol–water partition coefficient (Wildman–Crippen LogP) is -0.263. The number of likely N-dealkylation sites (N-methyl/N-ethyl adjacent to an activating group) is 1. The topological polar surface area (TPSA) is 52.7 Å². The first-order chi connectivity index (χ1) is 7.60. The molecule has 17 heavy (non-hydrogen) atoms. The van der Waals surface area contributed by atoms with Gasteiger partial charge in [-0.3, -0.25) is 0 Å². The van der Waals surface area contributed by atoms with Crippen molar-refractivity contribution in [1.82, 2.24) is 14.5 Å². The Kier molecular flexibility index (Phi) is 5.66. The standard InChI is InChI=1S/C10H21N3O2S.ClH/c1-12-6-8-13(9-7-12)16(14,15)10-2-4-11-5-3-10;/h10-11H,2-9H2,1H3;1H. The minimum absolute atomic E-state index is 0. The molecule has 0 unspecified atom stereocenters. The van der Waals surface area contributed by atoms with Crippen LogP contribution < -0.4 is 5.32 Å². The second-order valence-electron chi connectivity index (χ2n) is 4.70. The van der Waals surface area contributed by atoms with Crippen molar-refractivity contribution >= 4 is 22.4 Å². The summed E-state index contributed by atoms with van der Waals surface area (Å²) in [5, 5.41) is 3.05. The average molecular weight is 284 g/mol. The lowest BCUT2D eigenvalue weighted by Crippen LogP contribution is -2.51. The maximum Gasteiger partial charge on any atom is 0.217 e. The van der Waals surface area contributed by atoms with Crippen LogP contribution in [0.2, 0.25) is 0 Å². The normalized spacial score (nSPS) is 25.5. The summed E-state index contributed by atoms with van der Waals surface area (Å²) in [6.45, 7) is 4.68. The van der Waals surface area contributed by atoms with Gasteiger partial charge in [-0.05, 0) is 33.0 Å². The summed E-state index contributed by atoms with van der Waals surface area (Å²) in [5.41, 5.74) is 0. The molecule has 7 heteroatoms. The third kappa shape index (κ3) is 3.54. The maximum atomic E-state index is 12.3. The van der Waals surface area contributed by atoms with Crippen LogP contribution in [0, 0.1) is 0 Å². The van der Waals surface area contributed by atoms with Gasteiger partial charge in [0.05, 0.1) is 5.25 Å². The molecule has 2 saturated heterocycles. The second kappa shape index (κ2) is 6.33. The number of halogens is 1. The third-order valence-corrected chi connectivity index (χ3v) is 5.93. The summed E-state index contributed by atoms with van der Waals surface area (Å²) in [6.07, 6.45) is 1.52. The number of piperazine rings is 1. The fourth-order valence-electron chi connectivity index (χ4n) is 2.35. The molecule has 0 aromatic heterocycles. The van der Waals surface area contributed by atoms with Crippen LogP contribution in [0.1, 0.15) is 12.8 Å². The van der Waals surface area contributed by atoms with E-state index in [9.17, 15) is 8.42 Å². The summed E-state index contributed by atoms with van der Waals surface area (Å²) in [5.74, 6) is 0. The number of hydrogen-bond acceptors (Lipinski definition) is 4. The van der Waals surface area contributed by atoms with Crippen LogP contribution in [-0.4, -0.2) is 69.2 Å². The van der Waals surface area contributed by atoms with Crippen molar-refractivity contribution in [3.63, 3.8) is 0 Å². The molecule has 2 aliphatic rings. The molecule has 5 nitrogen and oxygen atoms in total. The van der Waals surface area contributed by atoms with Crippen LogP contribution in [0.4, 0.5) is 0 Å². The molecule has 0 radical (unpaired) electrons. The van der Waals surface area contributed by atoms with E-state index in [1.165, 1.54) is 0 Å². The molecule has 0 aromatic carbocycles. The quantitative estimate of drug-likeness (QED) is 0.759. The molecule has 2 fully saturated rings. The van der Waals surface area contributed by atoms with E-state index in [2.05, 4.69) is 10.2 Å². The number of nitrogens with one attached hydrogen (secondary N) is 1. The lowest BCUT2D eigenvalue weighted by atomic mass is 10.2. The number of piperidine rings is 1. The second-order valence-corrected chi connectivity index (χ2v) is 6.91. The van der Waals surface area contributed by atoms with E-state index >= 15 is 0 Å². The van der Waals surface area contributed by atoms with Gasteiger partial charge in [0.1, 0.15) is 0 Å². The molecule has 102 valence electrons. The van der Waals surface area contributed by atoms with Gasteiger partial charge in [-0.2, -0.15) is 4.31 Å². The Bertz CT molecular complexity index is 322. The molecule has 0 bridgehead atoms. The molecule has 2 rings (SSSR count). The first-order valence-electron chi connectivity index (χ1n) is 5.99. The van der Waals surface area contributed by atoms with Crippen molar-refractivity contribution in [2.45, 2.75) is 18.1 Å². The Morgan fingerprint density at radius 3 is 2.12 bits per heavy atom. The number of hydrogen-bond donors (Lipinski definition) is 1. The van der Waals surface area contributed by atoms with Crippen LogP contribution in [-0.2, 0) is 10.0 Å². The monoisotopic (exact) mass is 283 g/mol. The number of sulfonamides is 1. The van der Waals surface area contributed by atoms with Crippen LogP contribution in [0.3, 0.4) is 0 Å². The Balaban J connectivity index is 0.00000144. The van der Waals surface area contributed by atoms with Crippen molar-refractivity contribution < 1.29 is 8.42 Å². The van der Waals surface area contributed by atoms with Gasteiger partial charge >= 0.3 is 0 Å². The Hall–Kier alpha value is 0.120. The highest BCUT2D eigenvalue weighted by molar-refractivity contribution is 7.89. The Morgan fingerprint density at radius 1 is 1.06 bits per heavy atom. The van der Waals surface area contributed by atoms with Crippen molar-refractivity contribution in [2.24, 2.45) is 0 Å². The summed E-state index contributed by atoms with van der Waals surface area (Å²) >= 11 is 0. The molecule has 0 aromatic rings. The van der Waals surface area contributed by atoms with Crippen LogP contribution in [0.25, 0.3) is 0 Å². The molecule has 0 aliphatic carbocycles. The summed E-state index contributed by atoms with van der Waals surface area (Å²) in [7, 11) is -1.01. The van der Waals surface area contributed by atoms with E-state index in [-0.39, 0.29) is 17.7 Å². The minimum atomic E-state index is -3.04. The fraction of sp³-hybridized carbons (Fsp3) is 1.00. The Morgan fingerprint density at radius 2 is 1.59 bits per heavy atom. The zero-order chi connectivity index (χ0) is 11.6. The van der Waals surface area contributed by atoms with Crippen LogP contribution >= 0.6 is 12.4 Å². The lowest BCUT2D eigenvalue weighted by Gasteiger charge is -2.35. The lowest BCUT2D eigenvalue weighted by molar-refractivity contribution is 0.220. The molecule has 0 spiro atoms. The van der Waals surface area contributed by atoms with Gasteiger partial charge in [-0.25, -0.2) is 8.42 Å². The molecule has 0 amide bonds. The highest BCUT2D eigenvalue weighted by atomic mass is 35.5. The van der Waals surface area contributed by atoms with Crippen LogP contribution in [0.5, 0.6) is 0 Å². The summed E-state index contributed by atoms with van der Waals surface area (Å²) in [6, 6.07) is 0. The van der Waals surface area contributed by atoms with Gasteiger partial charge in [0, 0.05) is 26.2 Å². The van der Waals surface area contributed by atoms with Crippen molar-refractivity contribution in [3.8, 4) is 0 Å². The van der Waals surface area contributed by atoms with Crippen LogP contribution in [0.15, 0.2) is 0 Å². The maximum absolute atomic E-state index is 12.3. The molecule has 2 heterocycles. The minimum Gasteiger partial charge on any atom is -0.317 e. The van der Waals surface area contributed by atoms with Crippen molar-refractivity contribution in [1.29, 1.82) is 0 Å². The van der Waals surface area contributed by atoms with Crippen molar-refractivity contribution in [3.05, 3.63) is 0 Å². The molecule has 0 saturated carbocycles. The SMILES string of the molecule is CN1CCN(S(=O)(=O)C2CCNCC2)CC1.Cl. The van der Waals surface area contributed by atoms with E-state index in [1.54, 1.807) is 4.31 Å². The van der Waals surface area contributed by atoms with E-state index in [1.807, 2.05) is 7.05 Å². The molecular formula is C10H22ClN3O2S. The molecule has 0 atom stereocenters.